The predicted octanol–water partition coefficient (Wildman–Crippen LogP) is 4.83. The van der Waals surface area contributed by atoms with Gasteiger partial charge in [-0.05, 0) is 82.9 Å². The number of carbonyl (C=O) groups is 2. The molecule has 1 spiro atoms. The SMILES string of the molecule is C=C1C[C@]23C[C@@]1(O[Si](C)(C)C)CC[C@H]2[C@]12OC(=O)C(C)(C=C[C@H]1O[Si](C)(C)C)[C@H]2[C@@H]3C(=O)OC. The molecule has 0 aromatic rings. The van der Waals surface area contributed by atoms with Gasteiger partial charge >= 0.3 is 11.9 Å². The maximum atomic E-state index is 13.7. The van der Waals surface area contributed by atoms with Crippen LogP contribution in [0.3, 0.4) is 0 Å². The molecule has 34 heavy (non-hydrogen) atoms. The molecule has 0 aromatic heterocycles. The second-order valence-corrected chi connectivity index (χ2v) is 22.4. The van der Waals surface area contributed by atoms with Crippen molar-refractivity contribution in [3.05, 3.63) is 24.3 Å². The predicted molar refractivity (Wildman–Crippen MR) is 134 cm³/mol. The van der Waals surface area contributed by atoms with E-state index in [9.17, 15) is 9.59 Å². The monoisotopic (exact) mass is 504 g/mol. The fourth-order valence-corrected chi connectivity index (χ4v) is 11.0. The van der Waals surface area contributed by atoms with Crippen molar-refractivity contribution < 1.29 is 27.9 Å². The largest absolute Gasteiger partial charge is 0.469 e. The number of hydrogen-bond donors (Lipinski definition) is 0. The van der Waals surface area contributed by atoms with Crippen molar-refractivity contribution in [1.29, 1.82) is 0 Å². The van der Waals surface area contributed by atoms with Crippen LogP contribution in [-0.2, 0) is 27.9 Å². The van der Waals surface area contributed by atoms with Crippen LogP contribution >= 0.6 is 0 Å². The summed E-state index contributed by atoms with van der Waals surface area (Å²) in [6, 6.07) is 0. The molecule has 5 rings (SSSR count). The van der Waals surface area contributed by atoms with Crippen LogP contribution in [0.25, 0.3) is 0 Å². The number of fused-ring (bicyclic) bond motifs is 1. The minimum Gasteiger partial charge on any atom is -0.469 e. The first kappa shape index (κ1) is 24.5. The molecule has 8 atom stereocenters. The lowest BCUT2D eigenvalue weighted by Crippen LogP contribution is -2.58. The van der Waals surface area contributed by atoms with Crippen LogP contribution in [0.15, 0.2) is 24.3 Å². The second kappa shape index (κ2) is 6.96. The quantitative estimate of drug-likeness (QED) is 0.303. The number of rotatable bonds is 5. The third-order valence-electron chi connectivity index (χ3n) is 9.17. The van der Waals surface area contributed by atoms with Crippen LogP contribution in [0, 0.1) is 28.6 Å². The normalized spacial score (nSPS) is 46.8. The van der Waals surface area contributed by atoms with Gasteiger partial charge in [0.25, 0.3) is 0 Å². The molecule has 8 heteroatoms. The standard InChI is InChI=1S/C26H40O6Si2/c1-16-14-24-15-25(16,32-34(7,8)9)13-10-17(24)26-18(31-33(4,5)6)11-12-23(2,22(28)30-26)20(26)19(24)21(27)29-3/h11-12,17-20H,1,10,13-15H2,2-9H3/t17-,18-,19-,20-,23?,24+,25+,26+/m1/s1. The summed E-state index contributed by atoms with van der Waals surface area (Å²) in [5.41, 5.74) is -1.48. The minimum atomic E-state index is -1.99. The van der Waals surface area contributed by atoms with Crippen LogP contribution in [0.4, 0.5) is 0 Å². The van der Waals surface area contributed by atoms with Gasteiger partial charge in [-0.25, -0.2) is 0 Å². The fourth-order valence-electron chi connectivity index (χ4n) is 8.52. The van der Waals surface area contributed by atoms with Crippen LogP contribution in [-0.4, -0.2) is 53.0 Å². The van der Waals surface area contributed by atoms with Crippen LogP contribution < -0.4 is 0 Å². The van der Waals surface area contributed by atoms with E-state index in [1.807, 2.05) is 13.0 Å². The van der Waals surface area contributed by atoms with Crippen LogP contribution in [0.1, 0.15) is 32.6 Å². The van der Waals surface area contributed by atoms with E-state index >= 15 is 0 Å². The van der Waals surface area contributed by atoms with Gasteiger partial charge in [-0.15, -0.1) is 0 Å². The zero-order chi connectivity index (χ0) is 25.1. The molecule has 0 radical (unpaired) electrons. The number of carbonyl (C=O) groups excluding carboxylic acids is 2. The molecule has 1 heterocycles. The number of esters is 2. The maximum absolute atomic E-state index is 13.7. The highest BCUT2D eigenvalue weighted by Gasteiger charge is 2.85. The molecule has 1 aliphatic heterocycles. The number of hydrogen-bond acceptors (Lipinski definition) is 6. The third kappa shape index (κ3) is 2.97. The zero-order valence-corrected chi connectivity index (χ0v) is 23.9. The van der Waals surface area contributed by atoms with Gasteiger partial charge < -0.3 is 18.3 Å². The molecule has 188 valence electrons. The summed E-state index contributed by atoms with van der Waals surface area (Å²) in [6.45, 7) is 19.6. The lowest BCUT2D eigenvalue weighted by atomic mass is 9.62. The maximum Gasteiger partial charge on any atom is 0.316 e. The molecule has 1 unspecified atom stereocenters. The molecule has 5 aliphatic rings. The summed E-state index contributed by atoms with van der Waals surface area (Å²) in [6.07, 6.45) is 6.73. The molecule has 4 aliphatic carbocycles. The van der Waals surface area contributed by atoms with Crippen molar-refractivity contribution in [2.75, 3.05) is 7.11 Å². The molecule has 0 N–H and O–H groups in total. The Bertz CT molecular complexity index is 994. The molecule has 0 amide bonds. The Kier molecular flexibility index (Phi) is 5.01. The van der Waals surface area contributed by atoms with E-state index in [-0.39, 0.29) is 29.9 Å². The van der Waals surface area contributed by atoms with Crippen molar-refractivity contribution in [2.45, 2.75) is 89.2 Å². The van der Waals surface area contributed by atoms with Crippen LogP contribution in [0.5, 0.6) is 0 Å². The smallest absolute Gasteiger partial charge is 0.316 e. The Labute approximate surface area is 205 Å². The summed E-state index contributed by atoms with van der Waals surface area (Å²) in [5.74, 6) is -1.30. The van der Waals surface area contributed by atoms with Gasteiger partial charge in [-0.1, -0.05) is 18.7 Å². The zero-order valence-electron chi connectivity index (χ0n) is 21.9. The van der Waals surface area contributed by atoms with E-state index in [0.717, 1.165) is 24.8 Å². The van der Waals surface area contributed by atoms with Gasteiger partial charge in [-0.3, -0.25) is 9.59 Å². The summed E-state index contributed by atoms with van der Waals surface area (Å²) >= 11 is 0. The lowest BCUT2D eigenvalue weighted by Gasteiger charge is -2.50. The molecule has 1 saturated heterocycles. The minimum absolute atomic E-state index is 0.0104. The molecule has 0 aromatic carbocycles. The van der Waals surface area contributed by atoms with E-state index in [1.165, 1.54) is 7.11 Å². The Morgan fingerprint density at radius 3 is 2.44 bits per heavy atom. The first-order chi connectivity index (χ1) is 15.5. The van der Waals surface area contributed by atoms with Gasteiger partial charge in [0, 0.05) is 11.8 Å². The van der Waals surface area contributed by atoms with Gasteiger partial charge in [0.2, 0.25) is 0 Å². The van der Waals surface area contributed by atoms with Gasteiger partial charge in [0.15, 0.2) is 16.6 Å². The summed E-state index contributed by atoms with van der Waals surface area (Å²) < 4.78 is 25.5. The van der Waals surface area contributed by atoms with Crippen molar-refractivity contribution in [2.24, 2.45) is 28.6 Å². The third-order valence-corrected chi connectivity index (χ3v) is 11.1. The molecule has 3 saturated carbocycles. The van der Waals surface area contributed by atoms with Crippen molar-refractivity contribution in [3.63, 3.8) is 0 Å². The molecular formula is C26H40O6Si2. The van der Waals surface area contributed by atoms with Gasteiger partial charge in [0.1, 0.15) is 11.7 Å². The second-order valence-electron chi connectivity index (χ2n) is 13.5. The number of ether oxygens (including phenoxy) is 2. The Hall–Kier alpha value is -1.23. The van der Waals surface area contributed by atoms with E-state index < -0.39 is 44.6 Å². The first-order valence-corrected chi connectivity index (χ1v) is 19.4. The van der Waals surface area contributed by atoms with Gasteiger partial charge in [0.05, 0.1) is 24.0 Å². The topological polar surface area (TPSA) is 71.1 Å². The van der Waals surface area contributed by atoms with E-state index in [2.05, 4.69) is 51.9 Å². The lowest BCUT2D eigenvalue weighted by molar-refractivity contribution is -0.171. The van der Waals surface area contributed by atoms with Crippen molar-refractivity contribution in [1.82, 2.24) is 0 Å². The highest BCUT2D eigenvalue weighted by molar-refractivity contribution is 6.70. The first-order valence-electron chi connectivity index (χ1n) is 12.6. The van der Waals surface area contributed by atoms with Crippen molar-refractivity contribution in [3.8, 4) is 0 Å². The molecule has 6 nitrogen and oxygen atoms in total. The Balaban J connectivity index is 1.71. The summed E-state index contributed by atoms with van der Waals surface area (Å²) in [7, 11) is -2.41. The van der Waals surface area contributed by atoms with Crippen LogP contribution in [0.2, 0.25) is 39.3 Å². The molecular weight excluding hydrogens is 464 g/mol. The van der Waals surface area contributed by atoms with Gasteiger partial charge in [-0.2, -0.15) is 0 Å². The Morgan fingerprint density at radius 1 is 1.18 bits per heavy atom. The molecule has 4 bridgehead atoms. The average molecular weight is 505 g/mol. The summed E-state index contributed by atoms with van der Waals surface area (Å²) in [5, 5.41) is 0. The average Bonchev–Trinajstić information content (AvgIpc) is 3.12. The number of methoxy groups -OCH3 is 1. The Morgan fingerprint density at radius 2 is 1.85 bits per heavy atom. The van der Waals surface area contributed by atoms with E-state index in [0.29, 0.717) is 6.42 Å². The fraction of sp³-hybridized carbons (Fsp3) is 0.769. The highest BCUT2D eigenvalue weighted by Crippen LogP contribution is 2.78. The highest BCUT2D eigenvalue weighted by atomic mass is 28.4. The van der Waals surface area contributed by atoms with E-state index in [1.54, 1.807) is 0 Å². The van der Waals surface area contributed by atoms with E-state index in [4.69, 9.17) is 18.3 Å². The molecule has 4 fully saturated rings. The van der Waals surface area contributed by atoms with Crippen molar-refractivity contribution >= 4 is 28.6 Å². The summed E-state index contributed by atoms with van der Waals surface area (Å²) in [4.78, 5) is 27.1.